The van der Waals surface area contributed by atoms with E-state index in [1.54, 1.807) is 6.92 Å². The van der Waals surface area contributed by atoms with Gasteiger partial charge in [0.1, 0.15) is 5.38 Å². The van der Waals surface area contributed by atoms with Gasteiger partial charge in [0.15, 0.2) is 5.56 Å². The molecule has 0 aliphatic rings. The van der Waals surface area contributed by atoms with Crippen LogP contribution in [0, 0.1) is 0 Å². The van der Waals surface area contributed by atoms with Crippen molar-refractivity contribution >= 4 is 29.2 Å². The smallest absolute Gasteiger partial charge is 0.325 e. The highest BCUT2D eigenvalue weighted by Crippen LogP contribution is 2.14. The van der Waals surface area contributed by atoms with Crippen molar-refractivity contribution in [1.29, 1.82) is 0 Å². The largest absolute Gasteiger partial charge is 0.445 e. The molecule has 96 valence electrons. The van der Waals surface area contributed by atoms with E-state index in [4.69, 9.17) is 27.9 Å². The summed E-state index contributed by atoms with van der Waals surface area (Å²) in [6, 6.07) is 0. The summed E-state index contributed by atoms with van der Waals surface area (Å²) < 4.78 is 4.80. The third-order valence-electron chi connectivity index (χ3n) is 2.35. The van der Waals surface area contributed by atoms with Gasteiger partial charge in [-0.15, -0.1) is 11.6 Å². The van der Waals surface area contributed by atoms with Gasteiger partial charge in [-0.2, -0.15) is 0 Å². The van der Waals surface area contributed by atoms with Gasteiger partial charge < -0.3 is 4.74 Å². The maximum absolute atomic E-state index is 11.3. The van der Waals surface area contributed by atoms with Crippen LogP contribution in [0.25, 0.3) is 0 Å². The molecule has 0 aromatic rings. The van der Waals surface area contributed by atoms with Crippen LogP contribution in [0.5, 0.6) is 0 Å². The van der Waals surface area contributed by atoms with Crippen LogP contribution >= 0.6 is 23.2 Å². The minimum absolute atomic E-state index is 0.405. The number of halogens is 2. The molecule has 2 unspecified atom stereocenters. The maximum atomic E-state index is 11.3. The van der Waals surface area contributed by atoms with Crippen LogP contribution in [0.4, 0.5) is 0 Å². The van der Waals surface area contributed by atoms with Crippen LogP contribution < -0.4 is 0 Å². The fourth-order valence-corrected chi connectivity index (χ4v) is 1.75. The van der Waals surface area contributed by atoms with E-state index < -0.39 is 16.9 Å². The standard InChI is InChI=1S/C12H22Cl2O2/c1-3-4-5-6-7-8-9-11(14)12(15)16-10(2)13/h10-11H,3-9H2,1-2H3. The summed E-state index contributed by atoms with van der Waals surface area (Å²) in [6.45, 7) is 3.80. The first-order valence-corrected chi connectivity index (χ1v) is 6.93. The van der Waals surface area contributed by atoms with Gasteiger partial charge in [0, 0.05) is 0 Å². The molecular formula is C12H22Cl2O2. The van der Waals surface area contributed by atoms with E-state index in [2.05, 4.69) is 6.92 Å². The van der Waals surface area contributed by atoms with Gasteiger partial charge in [0.2, 0.25) is 0 Å². The fraction of sp³-hybridized carbons (Fsp3) is 0.917. The lowest BCUT2D eigenvalue weighted by atomic mass is 10.1. The Morgan fingerprint density at radius 2 is 1.69 bits per heavy atom. The zero-order valence-corrected chi connectivity index (χ0v) is 11.7. The van der Waals surface area contributed by atoms with E-state index in [0.717, 1.165) is 12.8 Å². The normalized spacial score (nSPS) is 14.5. The monoisotopic (exact) mass is 268 g/mol. The summed E-state index contributed by atoms with van der Waals surface area (Å²) in [5, 5.41) is -0.549. The lowest BCUT2D eigenvalue weighted by molar-refractivity contribution is -0.144. The Hall–Kier alpha value is 0.0500. The molecule has 0 amide bonds. The molecule has 16 heavy (non-hydrogen) atoms. The van der Waals surface area contributed by atoms with Gasteiger partial charge >= 0.3 is 5.97 Å². The molecule has 0 saturated heterocycles. The molecule has 0 saturated carbocycles. The molecule has 0 aliphatic carbocycles. The average molecular weight is 269 g/mol. The van der Waals surface area contributed by atoms with E-state index in [-0.39, 0.29) is 0 Å². The number of ether oxygens (including phenoxy) is 1. The summed E-state index contributed by atoms with van der Waals surface area (Å²) in [5.74, 6) is -0.405. The molecule has 0 radical (unpaired) electrons. The van der Waals surface area contributed by atoms with Gasteiger partial charge in [-0.25, -0.2) is 0 Å². The van der Waals surface area contributed by atoms with Gasteiger partial charge in [-0.05, 0) is 13.3 Å². The van der Waals surface area contributed by atoms with Crippen molar-refractivity contribution in [2.75, 3.05) is 0 Å². The van der Waals surface area contributed by atoms with Crippen molar-refractivity contribution in [1.82, 2.24) is 0 Å². The minimum atomic E-state index is -0.599. The molecule has 0 rings (SSSR count). The Labute approximate surface area is 109 Å². The molecule has 0 spiro atoms. The highest BCUT2D eigenvalue weighted by atomic mass is 35.5. The predicted molar refractivity (Wildman–Crippen MR) is 69.0 cm³/mol. The summed E-state index contributed by atoms with van der Waals surface area (Å²) in [5.41, 5.74) is -0.599. The lowest BCUT2D eigenvalue weighted by Crippen LogP contribution is -2.20. The number of hydrogen-bond acceptors (Lipinski definition) is 2. The summed E-state index contributed by atoms with van der Waals surface area (Å²) in [4.78, 5) is 11.3. The van der Waals surface area contributed by atoms with E-state index in [1.807, 2.05) is 0 Å². The Balaban J connectivity index is 3.42. The third-order valence-corrected chi connectivity index (χ3v) is 2.83. The molecular weight excluding hydrogens is 247 g/mol. The first-order valence-electron chi connectivity index (χ1n) is 6.06. The highest BCUT2D eigenvalue weighted by molar-refractivity contribution is 6.30. The van der Waals surface area contributed by atoms with E-state index in [0.29, 0.717) is 6.42 Å². The number of rotatable bonds is 9. The zero-order chi connectivity index (χ0) is 12.4. The summed E-state index contributed by atoms with van der Waals surface area (Å²) >= 11 is 11.4. The Morgan fingerprint density at radius 3 is 2.25 bits per heavy atom. The Kier molecular flexibility index (Phi) is 10.3. The summed E-state index contributed by atoms with van der Waals surface area (Å²) in [7, 11) is 0. The van der Waals surface area contributed by atoms with Crippen molar-refractivity contribution < 1.29 is 9.53 Å². The minimum Gasteiger partial charge on any atom is -0.445 e. The molecule has 4 heteroatoms. The van der Waals surface area contributed by atoms with Gasteiger partial charge in [-0.3, -0.25) is 4.79 Å². The van der Waals surface area contributed by atoms with Crippen molar-refractivity contribution in [2.24, 2.45) is 0 Å². The Morgan fingerprint density at radius 1 is 1.12 bits per heavy atom. The number of alkyl halides is 2. The molecule has 0 fully saturated rings. The summed E-state index contributed by atoms with van der Waals surface area (Å²) in [6.07, 6.45) is 7.81. The molecule has 0 aliphatic heterocycles. The second-order valence-electron chi connectivity index (χ2n) is 4.00. The number of carbonyl (C=O) groups is 1. The first kappa shape index (κ1) is 16.1. The van der Waals surface area contributed by atoms with Crippen molar-refractivity contribution in [3.05, 3.63) is 0 Å². The highest BCUT2D eigenvalue weighted by Gasteiger charge is 2.17. The van der Waals surface area contributed by atoms with Crippen LogP contribution in [-0.4, -0.2) is 16.9 Å². The van der Waals surface area contributed by atoms with Crippen molar-refractivity contribution in [2.45, 2.75) is 69.7 Å². The lowest BCUT2D eigenvalue weighted by Gasteiger charge is -2.10. The van der Waals surface area contributed by atoms with E-state index in [9.17, 15) is 4.79 Å². The van der Waals surface area contributed by atoms with Gasteiger partial charge in [0.25, 0.3) is 0 Å². The van der Waals surface area contributed by atoms with Crippen LogP contribution in [0.1, 0.15) is 58.8 Å². The quantitative estimate of drug-likeness (QED) is 0.350. The van der Waals surface area contributed by atoms with E-state index >= 15 is 0 Å². The number of hydrogen-bond donors (Lipinski definition) is 0. The molecule has 0 aromatic heterocycles. The third kappa shape index (κ3) is 9.29. The molecule has 0 bridgehead atoms. The second kappa shape index (κ2) is 10.2. The van der Waals surface area contributed by atoms with E-state index in [1.165, 1.54) is 25.7 Å². The fourth-order valence-electron chi connectivity index (χ4n) is 1.46. The zero-order valence-electron chi connectivity index (χ0n) is 10.2. The second-order valence-corrected chi connectivity index (χ2v) is 5.15. The molecule has 0 aromatic carbocycles. The number of esters is 1. The predicted octanol–water partition coefficient (Wildman–Crippen LogP) is 4.47. The average Bonchev–Trinajstić information content (AvgIpc) is 2.21. The van der Waals surface area contributed by atoms with Crippen LogP contribution in [-0.2, 0) is 9.53 Å². The van der Waals surface area contributed by atoms with Crippen LogP contribution in [0.2, 0.25) is 0 Å². The van der Waals surface area contributed by atoms with Crippen molar-refractivity contribution in [3.8, 4) is 0 Å². The molecule has 2 nitrogen and oxygen atoms in total. The molecule has 0 N–H and O–H groups in total. The van der Waals surface area contributed by atoms with Gasteiger partial charge in [0.05, 0.1) is 0 Å². The number of unbranched alkanes of at least 4 members (excludes halogenated alkanes) is 5. The topological polar surface area (TPSA) is 26.3 Å². The number of carbonyl (C=O) groups excluding carboxylic acids is 1. The van der Waals surface area contributed by atoms with Gasteiger partial charge in [-0.1, -0.05) is 57.0 Å². The first-order chi connectivity index (χ1) is 7.57. The maximum Gasteiger partial charge on any atom is 0.325 e. The SMILES string of the molecule is CCCCCCCCC(Cl)C(=O)OC(C)Cl. The molecule has 0 heterocycles. The van der Waals surface area contributed by atoms with Crippen LogP contribution in [0.15, 0.2) is 0 Å². The van der Waals surface area contributed by atoms with Crippen LogP contribution in [0.3, 0.4) is 0 Å². The Bertz CT molecular complexity index is 184. The molecule has 2 atom stereocenters. The van der Waals surface area contributed by atoms with Crippen molar-refractivity contribution in [3.63, 3.8) is 0 Å².